The van der Waals surface area contributed by atoms with Crippen LogP contribution >= 0.6 is 11.3 Å². The normalized spacial score (nSPS) is 16.8. The topological polar surface area (TPSA) is 38.3 Å². The first-order valence-electron chi connectivity index (χ1n) is 6.14. The zero-order valence-electron chi connectivity index (χ0n) is 10.4. The van der Waals surface area contributed by atoms with Gasteiger partial charge in [0.25, 0.3) is 0 Å². The molecule has 1 heterocycles. The Bertz CT molecular complexity index is 385. The molecule has 1 aliphatic carbocycles. The van der Waals surface area contributed by atoms with Crippen molar-refractivity contribution >= 4 is 17.3 Å². The molecule has 1 aromatic rings. The number of ether oxygens (including phenoxy) is 1. The summed E-state index contributed by atoms with van der Waals surface area (Å²) in [5.41, 5.74) is 0. The van der Waals surface area contributed by atoms with E-state index in [1.165, 1.54) is 24.8 Å². The zero-order valence-corrected chi connectivity index (χ0v) is 11.2. The minimum absolute atomic E-state index is 0.185. The number of thiophene rings is 1. The van der Waals surface area contributed by atoms with Gasteiger partial charge < -0.3 is 4.74 Å². The van der Waals surface area contributed by atoms with Gasteiger partial charge in [0, 0.05) is 9.75 Å². The summed E-state index contributed by atoms with van der Waals surface area (Å²) in [6.45, 7) is 3.04. The second-order valence-electron chi connectivity index (χ2n) is 4.47. The van der Waals surface area contributed by atoms with E-state index in [1.54, 1.807) is 11.3 Å². The van der Waals surface area contributed by atoms with E-state index < -0.39 is 0 Å². The van der Waals surface area contributed by atoms with Crippen molar-refractivity contribution in [3.05, 3.63) is 21.9 Å². The Kier molecular flexibility index (Phi) is 4.18. The van der Waals surface area contributed by atoms with Gasteiger partial charge in [-0.1, -0.05) is 6.92 Å². The molecule has 1 N–H and O–H groups in total. The number of rotatable bonds is 6. The molecule has 2 rings (SSSR count). The molecule has 0 spiro atoms. The number of nitrogens with one attached hydrogen (secondary N) is 1. The van der Waals surface area contributed by atoms with Crippen molar-refractivity contribution in [3.8, 4) is 0 Å². The average Bonchev–Trinajstić information content (AvgIpc) is 3.05. The maximum atomic E-state index is 11.8. The van der Waals surface area contributed by atoms with E-state index in [-0.39, 0.29) is 12.0 Å². The molecule has 0 amide bonds. The Labute approximate surface area is 106 Å². The van der Waals surface area contributed by atoms with Crippen LogP contribution in [-0.2, 0) is 16.0 Å². The van der Waals surface area contributed by atoms with Crippen molar-refractivity contribution in [2.24, 2.45) is 5.92 Å². The first-order valence-corrected chi connectivity index (χ1v) is 6.96. The molecule has 3 nitrogen and oxygen atoms in total. The van der Waals surface area contributed by atoms with Crippen molar-refractivity contribution in [2.45, 2.75) is 32.2 Å². The van der Waals surface area contributed by atoms with E-state index in [0.29, 0.717) is 0 Å². The Morgan fingerprint density at radius 2 is 2.35 bits per heavy atom. The minimum atomic E-state index is -0.286. The van der Waals surface area contributed by atoms with Crippen molar-refractivity contribution in [1.82, 2.24) is 5.32 Å². The van der Waals surface area contributed by atoms with Crippen LogP contribution in [0.4, 0.5) is 0 Å². The molecule has 1 fully saturated rings. The van der Waals surface area contributed by atoms with Gasteiger partial charge in [0.2, 0.25) is 0 Å². The molecule has 94 valence electrons. The summed E-state index contributed by atoms with van der Waals surface area (Å²) in [6.07, 6.45) is 3.58. The first-order chi connectivity index (χ1) is 8.24. The average molecular weight is 253 g/mol. The summed E-state index contributed by atoms with van der Waals surface area (Å²) in [5.74, 6) is 0.572. The number of carbonyl (C=O) groups excluding carboxylic acids is 1. The summed E-state index contributed by atoms with van der Waals surface area (Å²) in [5, 5.41) is 3.32. The molecule has 0 aliphatic heterocycles. The van der Waals surface area contributed by atoms with E-state index >= 15 is 0 Å². The fraction of sp³-hybridized carbons (Fsp3) is 0.615. The first kappa shape index (κ1) is 12.6. The van der Waals surface area contributed by atoms with Gasteiger partial charge >= 0.3 is 5.97 Å². The molecular formula is C13H19NO2S. The van der Waals surface area contributed by atoms with Gasteiger partial charge in [-0.3, -0.25) is 5.32 Å². The molecule has 1 aromatic heterocycles. The molecule has 1 aliphatic rings. The molecule has 0 aromatic carbocycles. The number of aryl methyl sites for hydroxylation is 1. The predicted molar refractivity (Wildman–Crippen MR) is 69.2 cm³/mol. The lowest BCUT2D eigenvalue weighted by Crippen LogP contribution is -2.30. The zero-order chi connectivity index (χ0) is 12.3. The lowest BCUT2D eigenvalue weighted by molar-refractivity contribution is -0.143. The van der Waals surface area contributed by atoms with Gasteiger partial charge in [-0.25, -0.2) is 4.79 Å². The summed E-state index contributed by atoms with van der Waals surface area (Å²) < 4.78 is 4.87. The Morgan fingerprint density at radius 3 is 2.88 bits per heavy atom. The molecular weight excluding hydrogens is 234 g/mol. The Balaban J connectivity index is 2.04. The van der Waals surface area contributed by atoms with Crippen LogP contribution in [0.15, 0.2) is 12.1 Å². The smallest absolute Gasteiger partial charge is 0.328 e. The van der Waals surface area contributed by atoms with Crippen LogP contribution in [0.25, 0.3) is 0 Å². The maximum absolute atomic E-state index is 11.8. The highest BCUT2D eigenvalue weighted by atomic mass is 32.1. The number of methoxy groups -OCH3 is 1. The highest BCUT2D eigenvalue weighted by molar-refractivity contribution is 7.12. The third-order valence-corrected chi connectivity index (χ3v) is 4.35. The standard InChI is InChI=1S/C13H19NO2S/c1-3-10-6-7-11(17-10)12(13(15)16-2)14-8-9-4-5-9/h6-7,9,12,14H,3-5,8H2,1-2H3. The van der Waals surface area contributed by atoms with Crippen LogP contribution in [0.5, 0.6) is 0 Å². The number of carbonyl (C=O) groups is 1. The maximum Gasteiger partial charge on any atom is 0.328 e. The molecule has 0 radical (unpaired) electrons. The molecule has 17 heavy (non-hydrogen) atoms. The molecule has 1 saturated carbocycles. The van der Waals surface area contributed by atoms with Gasteiger partial charge in [0.1, 0.15) is 6.04 Å². The largest absolute Gasteiger partial charge is 0.468 e. The molecule has 0 bridgehead atoms. The third-order valence-electron chi connectivity index (χ3n) is 3.06. The number of hydrogen-bond acceptors (Lipinski definition) is 4. The highest BCUT2D eigenvalue weighted by Gasteiger charge is 2.27. The van der Waals surface area contributed by atoms with E-state index in [4.69, 9.17) is 4.74 Å². The van der Waals surface area contributed by atoms with Crippen LogP contribution < -0.4 is 5.32 Å². The Hall–Kier alpha value is -0.870. The lowest BCUT2D eigenvalue weighted by atomic mass is 10.2. The van der Waals surface area contributed by atoms with Crippen molar-refractivity contribution in [3.63, 3.8) is 0 Å². The van der Waals surface area contributed by atoms with Crippen LogP contribution in [0.1, 0.15) is 35.6 Å². The van der Waals surface area contributed by atoms with E-state index in [9.17, 15) is 4.79 Å². The van der Waals surface area contributed by atoms with Crippen LogP contribution in [0, 0.1) is 5.92 Å². The molecule has 0 saturated heterocycles. The van der Waals surface area contributed by atoms with Crippen molar-refractivity contribution < 1.29 is 9.53 Å². The third kappa shape index (κ3) is 3.30. The minimum Gasteiger partial charge on any atom is -0.468 e. The van der Waals surface area contributed by atoms with Gasteiger partial charge in [-0.2, -0.15) is 0 Å². The lowest BCUT2D eigenvalue weighted by Gasteiger charge is -2.14. The second-order valence-corrected chi connectivity index (χ2v) is 5.67. The summed E-state index contributed by atoms with van der Waals surface area (Å²) in [4.78, 5) is 14.1. The van der Waals surface area contributed by atoms with Crippen molar-refractivity contribution in [2.75, 3.05) is 13.7 Å². The highest BCUT2D eigenvalue weighted by Crippen LogP contribution is 2.30. The fourth-order valence-corrected chi connectivity index (χ4v) is 2.78. The predicted octanol–water partition coefficient (Wildman–Crippen LogP) is 2.52. The monoisotopic (exact) mass is 253 g/mol. The van der Waals surface area contributed by atoms with Gasteiger partial charge in [-0.05, 0) is 43.9 Å². The molecule has 1 atom stereocenters. The van der Waals surface area contributed by atoms with E-state index in [1.807, 2.05) is 6.07 Å². The number of esters is 1. The summed E-state index contributed by atoms with van der Waals surface area (Å²) in [7, 11) is 1.45. The van der Waals surface area contributed by atoms with Crippen molar-refractivity contribution in [1.29, 1.82) is 0 Å². The quantitative estimate of drug-likeness (QED) is 0.792. The molecule has 4 heteroatoms. The van der Waals surface area contributed by atoms with E-state index in [0.717, 1.165) is 23.8 Å². The van der Waals surface area contributed by atoms with Gasteiger partial charge in [-0.15, -0.1) is 11.3 Å². The Morgan fingerprint density at radius 1 is 1.59 bits per heavy atom. The van der Waals surface area contributed by atoms with Gasteiger partial charge in [0.05, 0.1) is 7.11 Å². The van der Waals surface area contributed by atoms with Crippen LogP contribution in [-0.4, -0.2) is 19.6 Å². The van der Waals surface area contributed by atoms with Crippen LogP contribution in [0.2, 0.25) is 0 Å². The van der Waals surface area contributed by atoms with Crippen LogP contribution in [0.3, 0.4) is 0 Å². The summed E-state index contributed by atoms with van der Waals surface area (Å²) in [6, 6.07) is 3.84. The SMILES string of the molecule is CCc1ccc(C(NCC2CC2)C(=O)OC)s1. The van der Waals surface area contributed by atoms with E-state index in [2.05, 4.69) is 18.3 Å². The summed E-state index contributed by atoms with van der Waals surface area (Å²) >= 11 is 1.69. The van der Waals surface area contributed by atoms with Gasteiger partial charge in [0.15, 0.2) is 0 Å². The second kappa shape index (κ2) is 5.65. The molecule has 1 unspecified atom stereocenters. The fourth-order valence-electron chi connectivity index (χ4n) is 1.76. The number of hydrogen-bond donors (Lipinski definition) is 1.